The van der Waals surface area contributed by atoms with Crippen molar-refractivity contribution in [1.29, 1.82) is 0 Å². The van der Waals surface area contributed by atoms with Crippen molar-refractivity contribution in [2.45, 2.75) is 19.1 Å². The van der Waals surface area contributed by atoms with Crippen LogP contribution in [0, 0.1) is 0 Å². The average Bonchev–Trinajstić information content (AvgIpc) is 3.07. The predicted molar refractivity (Wildman–Crippen MR) is 75.4 cm³/mol. The number of carbonyl (C=O) groups is 1. The second kappa shape index (κ2) is 6.90. The monoisotopic (exact) mass is 335 g/mol. The van der Waals surface area contributed by atoms with Gasteiger partial charge in [-0.05, 0) is 11.4 Å². The van der Waals surface area contributed by atoms with Crippen LogP contribution >= 0.6 is 22.7 Å². The molecule has 0 saturated heterocycles. The number of amides is 2. The quantitative estimate of drug-likeness (QED) is 0.881. The van der Waals surface area contributed by atoms with Gasteiger partial charge >= 0.3 is 12.2 Å². The lowest BCUT2D eigenvalue weighted by molar-refractivity contribution is -0.140. The molecule has 0 saturated carbocycles. The lowest BCUT2D eigenvalue weighted by Crippen LogP contribution is -2.36. The topological polar surface area (TPSA) is 54.0 Å². The number of nitrogens with one attached hydrogen (secondary N) is 2. The molecule has 0 unspecified atom stereocenters. The minimum absolute atomic E-state index is 0.237. The second-order valence-electron chi connectivity index (χ2n) is 4.06. The van der Waals surface area contributed by atoms with E-state index in [1.807, 2.05) is 17.5 Å². The lowest BCUT2D eigenvalue weighted by Gasteiger charge is -2.05. The summed E-state index contributed by atoms with van der Waals surface area (Å²) in [5.74, 6) is 0. The van der Waals surface area contributed by atoms with Crippen LogP contribution in [-0.2, 0) is 19.1 Å². The Kier molecular flexibility index (Phi) is 5.18. The van der Waals surface area contributed by atoms with Crippen LogP contribution in [0.4, 0.5) is 18.0 Å². The van der Waals surface area contributed by atoms with Gasteiger partial charge in [-0.25, -0.2) is 9.78 Å². The van der Waals surface area contributed by atoms with Gasteiger partial charge in [0.25, 0.3) is 0 Å². The van der Waals surface area contributed by atoms with E-state index in [-0.39, 0.29) is 19.0 Å². The second-order valence-corrected chi connectivity index (χ2v) is 6.04. The molecule has 2 aromatic heterocycles. The number of alkyl halides is 3. The van der Waals surface area contributed by atoms with Crippen LogP contribution in [0.25, 0.3) is 0 Å². The van der Waals surface area contributed by atoms with Gasteiger partial charge in [-0.2, -0.15) is 13.2 Å². The van der Waals surface area contributed by atoms with Crippen LogP contribution in [0.2, 0.25) is 0 Å². The third-order valence-corrected chi connectivity index (χ3v) is 4.25. The molecule has 114 valence electrons. The van der Waals surface area contributed by atoms with E-state index in [1.54, 1.807) is 0 Å². The molecule has 0 aliphatic rings. The van der Waals surface area contributed by atoms with Gasteiger partial charge in [-0.1, -0.05) is 6.07 Å². The molecule has 0 aliphatic carbocycles. The van der Waals surface area contributed by atoms with Crippen LogP contribution in [0.15, 0.2) is 22.9 Å². The molecule has 2 rings (SSSR count). The zero-order valence-corrected chi connectivity index (χ0v) is 12.4. The number of halogens is 3. The average molecular weight is 335 g/mol. The Bertz CT molecular complexity index is 581. The van der Waals surface area contributed by atoms with Gasteiger partial charge in [0.1, 0.15) is 0 Å². The Balaban J connectivity index is 1.69. The van der Waals surface area contributed by atoms with Crippen LogP contribution in [0.5, 0.6) is 0 Å². The van der Waals surface area contributed by atoms with E-state index in [2.05, 4.69) is 15.6 Å². The molecule has 0 atom stereocenters. The van der Waals surface area contributed by atoms with Crippen molar-refractivity contribution in [2.75, 3.05) is 6.54 Å². The number of aromatic nitrogens is 1. The van der Waals surface area contributed by atoms with Gasteiger partial charge in [0.05, 0.1) is 11.6 Å². The normalized spacial score (nSPS) is 11.4. The summed E-state index contributed by atoms with van der Waals surface area (Å²) in [6.07, 6.45) is -4.15. The van der Waals surface area contributed by atoms with Crippen LogP contribution in [0.1, 0.15) is 15.6 Å². The third-order valence-electron chi connectivity index (χ3n) is 2.47. The highest BCUT2D eigenvalue weighted by atomic mass is 32.1. The van der Waals surface area contributed by atoms with Gasteiger partial charge < -0.3 is 10.6 Å². The number of carbonyl (C=O) groups excluding carboxylic acids is 1. The fourth-order valence-electron chi connectivity index (χ4n) is 1.48. The first-order valence-corrected chi connectivity index (χ1v) is 7.77. The van der Waals surface area contributed by atoms with E-state index in [4.69, 9.17) is 0 Å². The van der Waals surface area contributed by atoms with Gasteiger partial charge in [0.2, 0.25) is 0 Å². The van der Waals surface area contributed by atoms with Gasteiger partial charge in [0, 0.05) is 23.2 Å². The number of thiazole rings is 1. The highest BCUT2D eigenvalue weighted by Crippen LogP contribution is 2.29. The van der Waals surface area contributed by atoms with E-state index in [0.717, 1.165) is 21.6 Å². The molecule has 0 aromatic carbocycles. The van der Waals surface area contributed by atoms with E-state index >= 15 is 0 Å². The molecule has 0 fully saturated rings. The lowest BCUT2D eigenvalue weighted by atomic mass is 10.4. The molecule has 2 heterocycles. The maximum absolute atomic E-state index is 12.4. The van der Waals surface area contributed by atoms with E-state index < -0.39 is 11.9 Å². The Morgan fingerprint density at radius 3 is 2.71 bits per heavy atom. The Morgan fingerprint density at radius 1 is 1.29 bits per heavy atom. The minimum atomic E-state index is -4.42. The first kappa shape index (κ1) is 15.8. The molecule has 2 amide bonds. The molecule has 9 heteroatoms. The van der Waals surface area contributed by atoms with Crippen LogP contribution in [-0.4, -0.2) is 17.6 Å². The standard InChI is InChI=1S/C12H12F3N3OS2/c13-12(14,15)9-7-21-10(18-9)3-4-16-11(19)17-6-8-2-1-5-20-8/h1-2,5,7H,3-4,6H2,(H2,16,17,19). The third kappa shape index (κ3) is 5.01. The maximum Gasteiger partial charge on any atom is 0.434 e. The number of rotatable bonds is 5. The molecule has 0 radical (unpaired) electrons. The zero-order chi connectivity index (χ0) is 15.3. The summed E-state index contributed by atoms with van der Waals surface area (Å²) in [5, 5.41) is 8.48. The Hall–Kier alpha value is -1.61. The molecule has 0 bridgehead atoms. The van der Waals surface area contributed by atoms with Gasteiger partial charge in [0.15, 0.2) is 5.69 Å². The fraction of sp³-hybridized carbons (Fsp3) is 0.333. The number of urea groups is 1. The predicted octanol–water partition coefficient (Wildman–Crippen LogP) is 3.27. The van der Waals surface area contributed by atoms with Crippen molar-refractivity contribution in [3.05, 3.63) is 38.5 Å². The van der Waals surface area contributed by atoms with Crippen LogP contribution < -0.4 is 10.6 Å². The SMILES string of the molecule is O=C(NCCc1nc(C(F)(F)F)cs1)NCc1cccs1. The molecule has 4 nitrogen and oxygen atoms in total. The van der Waals surface area contributed by atoms with E-state index in [1.165, 1.54) is 11.3 Å². The van der Waals surface area contributed by atoms with Crippen molar-refractivity contribution in [3.8, 4) is 0 Å². The number of hydrogen-bond donors (Lipinski definition) is 2. The highest BCUT2D eigenvalue weighted by Gasteiger charge is 2.33. The summed E-state index contributed by atoms with van der Waals surface area (Å²) in [5.41, 5.74) is -0.885. The first-order chi connectivity index (χ1) is 9.95. The summed E-state index contributed by atoms with van der Waals surface area (Å²) < 4.78 is 37.1. The van der Waals surface area contributed by atoms with Crippen molar-refractivity contribution >= 4 is 28.7 Å². The molecular weight excluding hydrogens is 323 g/mol. The summed E-state index contributed by atoms with van der Waals surface area (Å²) >= 11 is 2.47. The Morgan fingerprint density at radius 2 is 2.10 bits per heavy atom. The number of thiophene rings is 1. The van der Waals surface area contributed by atoms with Gasteiger partial charge in [-0.3, -0.25) is 0 Å². The zero-order valence-electron chi connectivity index (χ0n) is 10.7. The maximum atomic E-state index is 12.4. The van der Waals surface area contributed by atoms with Gasteiger partial charge in [-0.15, -0.1) is 22.7 Å². The smallest absolute Gasteiger partial charge is 0.338 e. The van der Waals surface area contributed by atoms with E-state index in [9.17, 15) is 18.0 Å². The molecule has 0 spiro atoms. The molecule has 2 aromatic rings. The number of hydrogen-bond acceptors (Lipinski definition) is 4. The van der Waals surface area contributed by atoms with Crippen molar-refractivity contribution in [3.63, 3.8) is 0 Å². The summed E-state index contributed by atoms with van der Waals surface area (Å²) in [4.78, 5) is 16.0. The molecule has 21 heavy (non-hydrogen) atoms. The summed E-state index contributed by atoms with van der Waals surface area (Å²) in [7, 11) is 0. The Labute approximate surface area is 127 Å². The molecule has 2 N–H and O–H groups in total. The van der Waals surface area contributed by atoms with E-state index in [0.29, 0.717) is 11.6 Å². The van der Waals surface area contributed by atoms with Crippen LogP contribution in [0.3, 0.4) is 0 Å². The fourth-order valence-corrected chi connectivity index (χ4v) is 2.93. The highest BCUT2D eigenvalue weighted by molar-refractivity contribution is 7.10. The molecular formula is C12H12F3N3OS2. The summed E-state index contributed by atoms with van der Waals surface area (Å²) in [6.45, 7) is 0.667. The summed E-state index contributed by atoms with van der Waals surface area (Å²) in [6, 6.07) is 3.44. The first-order valence-electron chi connectivity index (χ1n) is 6.01. The van der Waals surface area contributed by atoms with Crippen molar-refractivity contribution in [2.24, 2.45) is 0 Å². The van der Waals surface area contributed by atoms with Crippen molar-refractivity contribution < 1.29 is 18.0 Å². The largest absolute Gasteiger partial charge is 0.434 e. The van der Waals surface area contributed by atoms with Crippen molar-refractivity contribution in [1.82, 2.24) is 15.6 Å². The molecule has 0 aliphatic heterocycles. The number of nitrogens with zero attached hydrogens (tertiary/aromatic N) is 1. The minimum Gasteiger partial charge on any atom is -0.338 e.